The zero-order valence-electron chi connectivity index (χ0n) is 13.9. The van der Waals surface area contributed by atoms with Crippen molar-refractivity contribution < 1.29 is 13.9 Å². The summed E-state index contributed by atoms with van der Waals surface area (Å²) in [7, 11) is 0. The fraction of sp³-hybridized carbons (Fsp3) is 0.158. The van der Waals surface area contributed by atoms with Gasteiger partial charge in [0.05, 0.1) is 13.1 Å². The molecule has 0 saturated heterocycles. The van der Waals surface area contributed by atoms with Gasteiger partial charge in [0.25, 0.3) is 11.5 Å². The van der Waals surface area contributed by atoms with Crippen LogP contribution in [0.3, 0.4) is 0 Å². The summed E-state index contributed by atoms with van der Waals surface area (Å²) < 4.78 is 12.5. The molecular formula is C19H17ClN2O4. The van der Waals surface area contributed by atoms with Gasteiger partial charge in [-0.25, -0.2) is 0 Å². The molecule has 0 aliphatic carbocycles. The highest BCUT2D eigenvalue weighted by molar-refractivity contribution is 6.30. The van der Waals surface area contributed by atoms with Gasteiger partial charge in [-0.15, -0.1) is 0 Å². The minimum absolute atomic E-state index is 0.130. The Kier molecular flexibility index (Phi) is 5.76. The van der Waals surface area contributed by atoms with Crippen LogP contribution in [0.15, 0.2) is 70.0 Å². The Balaban J connectivity index is 1.48. The first-order valence-electron chi connectivity index (χ1n) is 8.02. The Hall–Kier alpha value is -2.99. The average molecular weight is 373 g/mol. The molecule has 1 aromatic carbocycles. The summed E-state index contributed by atoms with van der Waals surface area (Å²) in [5.74, 6) is 1.06. The van der Waals surface area contributed by atoms with Gasteiger partial charge in [-0.2, -0.15) is 0 Å². The van der Waals surface area contributed by atoms with E-state index in [9.17, 15) is 9.59 Å². The summed E-state index contributed by atoms with van der Waals surface area (Å²) in [5, 5.41) is 3.35. The van der Waals surface area contributed by atoms with Gasteiger partial charge >= 0.3 is 0 Å². The molecule has 7 heteroatoms. The van der Waals surface area contributed by atoms with Gasteiger partial charge in [-0.05, 0) is 42.5 Å². The van der Waals surface area contributed by atoms with Crippen molar-refractivity contribution in [3.8, 4) is 5.75 Å². The van der Waals surface area contributed by atoms with Crippen molar-refractivity contribution >= 4 is 17.5 Å². The average Bonchev–Trinajstić information content (AvgIpc) is 3.11. The standard InChI is InChI=1S/C19H17ClN2O4/c20-14-4-6-15(7-5-14)25-12-10-21-19(24)17-9-8-16(26-17)13-22-11-2-1-3-18(22)23/h1-9,11H,10,12-13H2,(H,21,24). The Labute approximate surface area is 155 Å². The molecule has 3 rings (SSSR count). The van der Waals surface area contributed by atoms with E-state index in [4.69, 9.17) is 20.8 Å². The summed E-state index contributed by atoms with van der Waals surface area (Å²) in [6.07, 6.45) is 1.67. The second kappa shape index (κ2) is 8.40. The van der Waals surface area contributed by atoms with Gasteiger partial charge in [-0.1, -0.05) is 17.7 Å². The number of nitrogens with zero attached hydrogens (tertiary/aromatic N) is 1. The summed E-state index contributed by atoms with van der Waals surface area (Å²) >= 11 is 5.80. The molecule has 1 N–H and O–H groups in total. The smallest absolute Gasteiger partial charge is 0.287 e. The molecule has 0 fully saturated rings. The van der Waals surface area contributed by atoms with Crippen molar-refractivity contribution in [3.05, 3.63) is 87.7 Å². The third-order valence-electron chi connectivity index (χ3n) is 3.58. The van der Waals surface area contributed by atoms with Crippen LogP contribution in [0.25, 0.3) is 0 Å². The second-order valence-electron chi connectivity index (χ2n) is 5.49. The molecule has 0 spiro atoms. The number of nitrogens with one attached hydrogen (secondary N) is 1. The Bertz CT molecular complexity index is 931. The normalized spacial score (nSPS) is 10.5. The number of hydrogen-bond donors (Lipinski definition) is 1. The molecule has 6 nitrogen and oxygen atoms in total. The van der Waals surface area contributed by atoms with Gasteiger partial charge in [0, 0.05) is 17.3 Å². The topological polar surface area (TPSA) is 73.5 Å². The Morgan fingerprint density at radius 1 is 1.12 bits per heavy atom. The lowest BCUT2D eigenvalue weighted by Gasteiger charge is -2.07. The minimum Gasteiger partial charge on any atom is -0.492 e. The molecule has 1 amide bonds. The molecule has 0 atom stereocenters. The molecule has 0 radical (unpaired) electrons. The van der Waals surface area contributed by atoms with Crippen molar-refractivity contribution in [1.82, 2.24) is 9.88 Å². The number of amides is 1. The lowest BCUT2D eigenvalue weighted by Crippen LogP contribution is -2.27. The van der Waals surface area contributed by atoms with Crippen molar-refractivity contribution in [1.29, 1.82) is 0 Å². The van der Waals surface area contributed by atoms with E-state index in [-0.39, 0.29) is 23.8 Å². The zero-order chi connectivity index (χ0) is 18.4. The number of carbonyl (C=O) groups is 1. The van der Waals surface area contributed by atoms with Gasteiger partial charge in [0.15, 0.2) is 5.76 Å². The SMILES string of the molecule is O=C(NCCOc1ccc(Cl)cc1)c1ccc(Cn2ccccc2=O)o1. The minimum atomic E-state index is -0.337. The van der Waals surface area contributed by atoms with Gasteiger partial charge < -0.3 is 19.0 Å². The summed E-state index contributed by atoms with van der Waals surface area (Å²) in [6.45, 7) is 0.919. The summed E-state index contributed by atoms with van der Waals surface area (Å²) in [5.41, 5.74) is -0.130. The van der Waals surface area contributed by atoms with E-state index in [2.05, 4.69) is 5.32 Å². The number of rotatable bonds is 7. The number of benzene rings is 1. The fourth-order valence-electron chi connectivity index (χ4n) is 2.30. The van der Waals surface area contributed by atoms with Crippen molar-refractivity contribution in [2.45, 2.75) is 6.54 Å². The molecule has 2 heterocycles. The summed E-state index contributed by atoms with van der Waals surface area (Å²) in [6, 6.07) is 15.2. The lowest BCUT2D eigenvalue weighted by molar-refractivity contribution is 0.0917. The fourth-order valence-corrected chi connectivity index (χ4v) is 2.42. The molecule has 0 saturated carbocycles. The third kappa shape index (κ3) is 4.77. The number of ether oxygens (including phenoxy) is 1. The van der Waals surface area contributed by atoms with Gasteiger partial charge in [0.1, 0.15) is 18.1 Å². The first kappa shape index (κ1) is 17.8. The molecule has 0 aliphatic heterocycles. The largest absolute Gasteiger partial charge is 0.492 e. The van der Waals surface area contributed by atoms with Crippen LogP contribution in [0.4, 0.5) is 0 Å². The van der Waals surface area contributed by atoms with E-state index in [1.54, 1.807) is 54.7 Å². The molecule has 134 valence electrons. The molecule has 0 aliphatic rings. The van der Waals surface area contributed by atoms with Crippen LogP contribution in [-0.4, -0.2) is 23.6 Å². The van der Waals surface area contributed by atoms with E-state index in [0.29, 0.717) is 29.7 Å². The van der Waals surface area contributed by atoms with Gasteiger partial charge in [0.2, 0.25) is 0 Å². The van der Waals surface area contributed by atoms with Crippen LogP contribution >= 0.6 is 11.6 Å². The molecule has 3 aromatic rings. The van der Waals surface area contributed by atoms with E-state index in [0.717, 1.165) is 0 Å². The zero-order valence-corrected chi connectivity index (χ0v) is 14.6. The second-order valence-corrected chi connectivity index (χ2v) is 5.93. The van der Waals surface area contributed by atoms with E-state index >= 15 is 0 Å². The van der Waals surface area contributed by atoms with Crippen molar-refractivity contribution in [2.24, 2.45) is 0 Å². The van der Waals surface area contributed by atoms with E-state index in [1.807, 2.05) is 0 Å². The quantitative estimate of drug-likeness (QED) is 0.647. The van der Waals surface area contributed by atoms with Crippen LogP contribution in [0, 0.1) is 0 Å². The predicted octanol–water partition coefficient (Wildman–Crippen LogP) is 2.95. The Morgan fingerprint density at radius 2 is 1.92 bits per heavy atom. The number of pyridine rings is 1. The monoisotopic (exact) mass is 372 g/mol. The highest BCUT2D eigenvalue weighted by Gasteiger charge is 2.11. The molecule has 0 unspecified atom stereocenters. The lowest BCUT2D eigenvalue weighted by atomic mass is 10.3. The maximum atomic E-state index is 12.1. The maximum Gasteiger partial charge on any atom is 0.287 e. The highest BCUT2D eigenvalue weighted by atomic mass is 35.5. The molecule has 2 aromatic heterocycles. The number of furan rings is 1. The maximum absolute atomic E-state index is 12.1. The van der Waals surface area contributed by atoms with E-state index in [1.165, 1.54) is 10.6 Å². The summed E-state index contributed by atoms with van der Waals surface area (Å²) in [4.78, 5) is 23.8. The Morgan fingerprint density at radius 3 is 2.69 bits per heavy atom. The van der Waals surface area contributed by atoms with Crippen LogP contribution in [-0.2, 0) is 6.54 Å². The third-order valence-corrected chi connectivity index (χ3v) is 3.83. The van der Waals surface area contributed by atoms with Gasteiger partial charge in [-0.3, -0.25) is 9.59 Å². The number of aromatic nitrogens is 1. The van der Waals surface area contributed by atoms with Crippen LogP contribution in [0.2, 0.25) is 5.02 Å². The van der Waals surface area contributed by atoms with Crippen molar-refractivity contribution in [2.75, 3.05) is 13.2 Å². The van der Waals surface area contributed by atoms with Crippen LogP contribution in [0.5, 0.6) is 5.75 Å². The highest BCUT2D eigenvalue weighted by Crippen LogP contribution is 2.15. The van der Waals surface area contributed by atoms with Crippen LogP contribution in [0.1, 0.15) is 16.3 Å². The first-order valence-corrected chi connectivity index (χ1v) is 8.40. The van der Waals surface area contributed by atoms with Crippen molar-refractivity contribution in [3.63, 3.8) is 0 Å². The van der Waals surface area contributed by atoms with E-state index < -0.39 is 0 Å². The number of hydrogen-bond acceptors (Lipinski definition) is 4. The van der Waals surface area contributed by atoms with Crippen LogP contribution < -0.4 is 15.6 Å². The first-order chi connectivity index (χ1) is 12.6. The number of carbonyl (C=O) groups excluding carboxylic acids is 1. The molecular weight excluding hydrogens is 356 g/mol. The predicted molar refractivity (Wildman–Crippen MR) is 97.8 cm³/mol. The number of halogens is 1. The molecule has 0 bridgehead atoms. The molecule has 26 heavy (non-hydrogen) atoms.